The molecule has 0 saturated heterocycles. The van der Waals surface area contributed by atoms with Gasteiger partial charge in [-0.15, -0.1) is 0 Å². The minimum atomic E-state index is -1.22. The summed E-state index contributed by atoms with van der Waals surface area (Å²) in [6.07, 6.45) is 2.93. The summed E-state index contributed by atoms with van der Waals surface area (Å²) < 4.78 is 0. The molecule has 144 valence electrons. The van der Waals surface area contributed by atoms with Crippen molar-refractivity contribution in [2.75, 3.05) is 0 Å². The van der Waals surface area contributed by atoms with E-state index in [1.807, 2.05) is 0 Å². The fourth-order valence-corrected chi connectivity index (χ4v) is 2.90. The number of carbonyl (C=O) groups is 3. The lowest BCUT2D eigenvalue weighted by Crippen LogP contribution is -2.41. The number of aliphatic carboxylic acids is 1. The molecular weight excluding hydrogens is 348 g/mol. The third kappa shape index (κ3) is 6.76. The Labute approximate surface area is 157 Å². The van der Waals surface area contributed by atoms with E-state index in [1.165, 1.54) is 0 Å². The highest BCUT2D eigenvalue weighted by Crippen LogP contribution is 2.23. The standard InChI is InChI=1S/C20H24N2O5/c21-18(24)12-11-17(20(26)27)22-19(25)15-7-3-13(4-8-15)1-2-14-5-9-16(23)10-6-14/h3-4,7-8,14,16-17,23H,5-6,9-12H2,(H2,21,24)(H,22,25)(H,26,27)/t14?,16?,17-/m0/s1. The number of nitrogens with one attached hydrogen (secondary N) is 1. The number of amides is 2. The van der Waals surface area contributed by atoms with Gasteiger partial charge in [0.25, 0.3) is 5.91 Å². The minimum absolute atomic E-state index is 0.0595. The summed E-state index contributed by atoms with van der Waals surface area (Å²) in [6.45, 7) is 0. The molecule has 0 radical (unpaired) electrons. The monoisotopic (exact) mass is 372 g/mol. The average molecular weight is 372 g/mol. The lowest BCUT2D eigenvalue weighted by atomic mass is 9.88. The SMILES string of the molecule is NC(=O)CC[C@H](NC(=O)c1ccc(C#CC2CCC(O)CC2)cc1)C(=O)O. The molecule has 0 aliphatic heterocycles. The van der Waals surface area contributed by atoms with E-state index in [2.05, 4.69) is 17.2 Å². The van der Waals surface area contributed by atoms with Crippen molar-refractivity contribution in [2.24, 2.45) is 11.7 Å². The van der Waals surface area contributed by atoms with Gasteiger partial charge < -0.3 is 21.3 Å². The molecule has 0 bridgehead atoms. The fraction of sp³-hybridized carbons (Fsp3) is 0.450. The first-order valence-electron chi connectivity index (χ1n) is 8.97. The van der Waals surface area contributed by atoms with Crippen LogP contribution in [0.25, 0.3) is 0 Å². The summed E-state index contributed by atoms with van der Waals surface area (Å²) in [7, 11) is 0. The number of benzene rings is 1. The van der Waals surface area contributed by atoms with Crippen molar-refractivity contribution in [2.45, 2.75) is 50.7 Å². The van der Waals surface area contributed by atoms with Crippen LogP contribution in [0, 0.1) is 17.8 Å². The van der Waals surface area contributed by atoms with E-state index in [0.717, 1.165) is 31.2 Å². The zero-order valence-corrected chi connectivity index (χ0v) is 15.0. The first-order valence-corrected chi connectivity index (χ1v) is 8.97. The molecule has 2 amide bonds. The number of aliphatic hydroxyl groups excluding tert-OH is 1. The van der Waals surface area contributed by atoms with Crippen LogP contribution in [0.4, 0.5) is 0 Å². The number of carboxylic acid groups (broad SMARTS) is 1. The van der Waals surface area contributed by atoms with Crippen molar-refractivity contribution < 1.29 is 24.6 Å². The Hall–Kier alpha value is -2.85. The van der Waals surface area contributed by atoms with Crippen LogP contribution < -0.4 is 11.1 Å². The van der Waals surface area contributed by atoms with Crippen molar-refractivity contribution >= 4 is 17.8 Å². The largest absolute Gasteiger partial charge is 0.480 e. The van der Waals surface area contributed by atoms with Gasteiger partial charge in [0.1, 0.15) is 6.04 Å². The third-order valence-electron chi connectivity index (χ3n) is 4.55. The Morgan fingerprint density at radius 3 is 2.33 bits per heavy atom. The number of aliphatic hydroxyl groups is 1. The maximum atomic E-state index is 12.2. The van der Waals surface area contributed by atoms with Crippen molar-refractivity contribution in [1.82, 2.24) is 5.32 Å². The van der Waals surface area contributed by atoms with Gasteiger partial charge in [0.2, 0.25) is 5.91 Å². The molecule has 0 spiro atoms. The zero-order chi connectivity index (χ0) is 19.8. The molecule has 0 unspecified atom stereocenters. The molecule has 7 nitrogen and oxygen atoms in total. The molecule has 1 aromatic carbocycles. The van der Waals surface area contributed by atoms with Crippen molar-refractivity contribution in [1.29, 1.82) is 0 Å². The van der Waals surface area contributed by atoms with E-state index < -0.39 is 23.8 Å². The summed E-state index contributed by atoms with van der Waals surface area (Å²) in [5.41, 5.74) is 6.10. The maximum Gasteiger partial charge on any atom is 0.326 e. The lowest BCUT2D eigenvalue weighted by molar-refractivity contribution is -0.139. The number of hydrogen-bond acceptors (Lipinski definition) is 4. The first kappa shape index (κ1) is 20.5. The summed E-state index contributed by atoms with van der Waals surface area (Å²) in [6, 6.07) is 5.40. The molecule has 0 aromatic heterocycles. The highest BCUT2D eigenvalue weighted by Gasteiger charge is 2.21. The van der Waals surface area contributed by atoms with Gasteiger partial charge in [0.15, 0.2) is 0 Å². The molecule has 1 atom stereocenters. The van der Waals surface area contributed by atoms with Gasteiger partial charge >= 0.3 is 5.97 Å². The molecule has 27 heavy (non-hydrogen) atoms. The van der Waals surface area contributed by atoms with E-state index >= 15 is 0 Å². The number of hydrogen-bond donors (Lipinski definition) is 4. The van der Waals surface area contributed by atoms with Crippen molar-refractivity contribution in [3.8, 4) is 11.8 Å². The summed E-state index contributed by atoms with van der Waals surface area (Å²) in [5.74, 6) is 4.18. The van der Waals surface area contributed by atoms with Crippen LogP contribution in [0.2, 0.25) is 0 Å². The Morgan fingerprint density at radius 2 is 1.78 bits per heavy atom. The first-order chi connectivity index (χ1) is 12.8. The molecule has 5 N–H and O–H groups in total. The van der Waals surface area contributed by atoms with Crippen LogP contribution in [0.1, 0.15) is 54.4 Å². The van der Waals surface area contributed by atoms with E-state index in [0.29, 0.717) is 5.56 Å². The van der Waals surface area contributed by atoms with Gasteiger partial charge in [-0.2, -0.15) is 0 Å². The number of primary amides is 1. The second-order valence-corrected chi connectivity index (χ2v) is 6.72. The van der Waals surface area contributed by atoms with Crippen LogP contribution in [-0.2, 0) is 9.59 Å². The minimum Gasteiger partial charge on any atom is -0.480 e. The molecule has 2 rings (SSSR count). The molecule has 0 heterocycles. The summed E-state index contributed by atoms with van der Waals surface area (Å²) >= 11 is 0. The smallest absolute Gasteiger partial charge is 0.326 e. The van der Waals surface area contributed by atoms with Gasteiger partial charge in [-0.25, -0.2) is 4.79 Å². The molecule has 1 aliphatic carbocycles. The van der Waals surface area contributed by atoms with Gasteiger partial charge in [-0.3, -0.25) is 9.59 Å². The fourth-order valence-electron chi connectivity index (χ4n) is 2.90. The van der Waals surface area contributed by atoms with Gasteiger partial charge in [-0.1, -0.05) is 11.8 Å². The average Bonchev–Trinajstić information content (AvgIpc) is 2.64. The van der Waals surface area contributed by atoms with Crippen molar-refractivity contribution in [3.63, 3.8) is 0 Å². The maximum absolute atomic E-state index is 12.2. The normalized spacial score (nSPS) is 20.0. The Kier molecular flexibility index (Phi) is 7.38. The summed E-state index contributed by atoms with van der Waals surface area (Å²) in [4.78, 5) is 34.2. The quantitative estimate of drug-likeness (QED) is 0.554. The lowest BCUT2D eigenvalue weighted by Gasteiger charge is -2.21. The molecule has 1 aromatic rings. The topological polar surface area (TPSA) is 130 Å². The second kappa shape index (κ2) is 9.74. The van der Waals surface area contributed by atoms with Gasteiger partial charge in [0, 0.05) is 23.5 Å². The Bertz CT molecular complexity index is 740. The van der Waals surface area contributed by atoms with Gasteiger partial charge in [0.05, 0.1) is 6.10 Å². The van der Waals surface area contributed by atoms with Gasteiger partial charge in [-0.05, 0) is 56.4 Å². The van der Waals surface area contributed by atoms with E-state index in [1.54, 1.807) is 24.3 Å². The molecular formula is C20H24N2O5. The molecule has 1 aliphatic rings. The van der Waals surface area contributed by atoms with E-state index in [9.17, 15) is 19.5 Å². The third-order valence-corrected chi connectivity index (χ3v) is 4.55. The molecule has 1 fully saturated rings. The van der Waals surface area contributed by atoms with Crippen LogP contribution in [0.5, 0.6) is 0 Å². The summed E-state index contributed by atoms with van der Waals surface area (Å²) in [5, 5.41) is 21.0. The van der Waals surface area contributed by atoms with E-state index in [4.69, 9.17) is 10.8 Å². The van der Waals surface area contributed by atoms with Crippen LogP contribution >= 0.6 is 0 Å². The predicted molar refractivity (Wildman–Crippen MR) is 98.6 cm³/mol. The highest BCUT2D eigenvalue weighted by atomic mass is 16.4. The Balaban J connectivity index is 1.94. The van der Waals surface area contributed by atoms with Crippen molar-refractivity contribution in [3.05, 3.63) is 35.4 Å². The van der Waals surface area contributed by atoms with Crippen LogP contribution in [0.3, 0.4) is 0 Å². The van der Waals surface area contributed by atoms with Crippen LogP contribution in [-0.4, -0.2) is 40.1 Å². The zero-order valence-electron chi connectivity index (χ0n) is 15.0. The highest BCUT2D eigenvalue weighted by molar-refractivity contribution is 5.96. The number of carboxylic acids is 1. The molecule has 1 saturated carbocycles. The van der Waals surface area contributed by atoms with E-state index in [-0.39, 0.29) is 24.9 Å². The van der Waals surface area contributed by atoms with Crippen LogP contribution in [0.15, 0.2) is 24.3 Å². The number of rotatable bonds is 6. The number of nitrogens with two attached hydrogens (primary N) is 1. The number of carbonyl (C=O) groups excluding carboxylic acids is 2. The molecule has 7 heteroatoms. The predicted octanol–water partition coefficient (Wildman–Crippen LogP) is 1.04. The Morgan fingerprint density at radius 1 is 1.15 bits per heavy atom. The second-order valence-electron chi connectivity index (χ2n) is 6.72.